The largest absolute Gasteiger partial charge is 0.523 e. The van der Waals surface area contributed by atoms with Crippen LogP contribution in [0.3, 0.4) is 0 Å². The number of carbonyl (C=O) groups is 2. The van der Waals surface area contributed by atoms with Crippen molar-refractivity contribution in [3.05, 3.63) is 66.2 Å². The Labute approximate surface area is 214 Å². The van der Waals surface area contributed by atoms with E-state index < -0.39 is 12.1 Å². The third-order valence-corrected chi connectivity index (χ3v) is 8.05. The van der Waals surface area contributed by atoms with Gasteiger partial charge in [-0.2, -0.15) is 9.28 Å². The average Bonchev–Trinajstić information content (AvgIpc) is 3.28. The van der Waals surface area contributed by atoms with Crippen molar-refractivity contribution in [2.45, 2.75) is 70.2 Å². The molecule has 1 unspecified atom stereocenters. The fourth-order valence-corrected chi connectivity index (χ4v) is 5.93. The summed E-state index contributed by atoms with van der Waals surface area (Å²) >= 11 is 0. The minimum Gasteiger partial charge on any atom is -0.423 e. The predicted octanol–water partition coefficient (Wildman–Crippen LogP) is 5.69. The van der Waals surface area contributed by atoms with Gasteiger partial charge in [-0.15, -0.1) is 0 Å². The normalized spacial score (nSPS) is 25.3. The number of benzene rings is 2. The molecule has 1 aliphatic heterocycles. The van der Waals surface area contributed by atoms with Crippen molar-refractivity contribution in [3.63, 3.8) is 0 Å². The van der Waals surface area contributed by atoms with Gasteiger partial charge < -0.3 is 15.2 Å². The maximum Gasteiger partial charge on any atom is 0.523 e. The number of imide groups is 1. The molecule has 6 heteroatoms. The van der Waals surface area contributed by atoms with E-state index in [0.29, 0.717) is 13.0 Å². The number of likely N-dealkylation sites (tertiary alicyclic amines) is 1. The van der Waals surface area contributed by atoms with Crippen LogP contribution in [0.5, 0.6) is 0 Å². The summed E-state index contributed by atoms with van der Waals surface area (Å²) in [6, 6.07) is 15.6. The van der Waals surface area contributed by atoms with Crippen molar-refractivity contribution in [1.82, 2.24) is 0 Å². The molecular weight excluding hydrogens is 452 g/mol. The molecule has 2 amide bonds. The lowest BCUT2D eigenvalue weighted by molar-refractivity contribution is -0.795. The number of quaternary nitrogens is 1. The maximum absolute atomic E-state index is 13.7. The number of nitrogens with two attached hydrogens (primary N) is 1. The Bertz CT molecular complexity index is 1090. The lowest BCUT2D eigenvalue weighted by Gasteiger charge is -2.35. The minimum atomic E-state index is -0.659. The Hall–Kier alpha value is -2.80. The second-order valence-electron chi connectivity index (χ2n) is 10.3. The van der Waals surface area contributed by atoms with E-state index in [0.717, 1.165) is 47.9 Å². The number of amides is 2. The Morgan fingerprint density at radius 1 is 1.11 bits per heavy atom. The van der Waals surface area contributed by atoms with E-state index in [2.05, 4.69) is 30.8 Å². The van der Waals surface area contributed by atoms with Gasteiger partial charge in [0.25, 0.3) is 0 Å². The molecular formula is C30H39N2O4+. The molecule has 0 aromatic heterocycles. The molecule has 192 valence electrons. The number of carbonyl (C=O) groups excluding carboxylic acids is 2. The monoisotopic (exact) mass is 491 g/mol. The maximum atomic E-state index is 13.7. The molecule has 36 heavy (non-hydrogen) atoms. The van der Waals surface area contributed by atoms with E-state index in [1.54, 1.807) is 0 Å². The van der Waals surface area contributed by atoms with Gasteiger partial charge in [-0.25, -0.2) is 4.79 Å². The zero-order valence-electron chi connectivity index (χ0n) is 21.5. The molecule has 1 aliphatic carbocycles. The highest BCUT2D eigenvalue weighted by atomic mass is 16.6. The summed E-state index contributed by atoms with van der Waals surface area (Å²) in [5, 5.41) is 0. The van der Waals surface area contributed by atoms with Gasteiger partial charge in [-0.3, -0.25) is 0 Å². The van der Waals surface area contributed by atoms with Gasteiger partial charge in [0.1, 0.15) is 24.7 Å². The van der Waals surface area contributed by atoms with Crippen molar-refractivity contribution < 1.29 is 23.5 Å². The summed E-state index contributed by atoms with van der Waals surface area (Å²) in [7, 11) is 1.34. The zero-order valence-corrected chi connectivity index (χ0v) is 21.5. The molecule has 1 heterocycles. The second kappa shape index (κ2) is 11.5. The van der Waals surface area contributed by atoms with Crippen LogP contribution in [-0.4, -0.2) is 48.3 Å². The third-order valence-electron chi connectivity index (χ3n) is 8.05. The minimum absolute atomic E-state index is 0.125. The predicted molar refractivity (Wildman–Crippen MR) is 142 cm³/mol. The first-order valence-corrected chi connectivity index (χ1v) is 13.1. The smallest absolute Gasteiger partial charge is 0.423 e. The van der Waals surface area contributed by atoms with Crippen LogP contribution in [0.25, 0.3) is 17.2 Å². The number of hydrogen-bond donors (Lipinski definition) is 1. The van der Waals surface area contributed by atoms with Crippen molar-refractivity contribution in [3.8, 4) is 11.1 Å². The molecule has 4 atom stereocenters. The van der Waals surface area contributed by atoms with Gasteiger partial charge in [-0.1, -0.05) is 68.3 Å². The van der Waals surface area contributed by atoms with Crippen LogP contribution in [0.4, 0.5) is 4.79 Å². The van der Waals surface area contributed by atoms with E-state index >= 15 is 0 Å². The van der Waals surface area contributed by atoms with E-state index in [4.69, 9.17) is 15.2 Å². The van der Waals surface area contributed by atoms with Gasteiger partial charge >= 0.3 is 12.0 Å². The quantitative estimate of drug-likeness (QED) is 0.503. The summed E-state index contributed by atoms with van der Waals surface area (Å²) in [5.74, 6) is -0.100. The van der Waals surface area contributed by atoms with Crippen LogP contribution in [-0.2, 0) is 20.9 Å². The van der Waals surface area contributed by atoms with Gasteiger partial charge in [0.05, 0.1) is 13.7 Å². The van der Waals surface area contributed by atoms with E-state index in [1.165, 1.54) is 13.5 Å². The molecule has 0 spiro atoms. The molecule has 1 saturated carbocycles. The molecule has 1 saturated heterocycles. The summed E-state index contributed by atoms with van der Waals surface area (Å²) < 4.78 is 11.1. The standard InChI is InChI=1S/C30H39N2O4/c1-4-22-10-8-14-25(17-22)26-15-9-11-23(18-26)20-36-27-16-21(2)32(19-27,30(34)35-3)29(33)28(31)24-12-6-5-7-13-24/h4,8-11,14-15,17-18,21,24,27-28H,1,5-7,12-13,16,19-20,31H2,2-3H3/q+1/t21-,27-,28+,32?/m1/s1. The van der Waals surface area contributed by atoms with E-state index in [1.807, 2.05) is 37.3 Å². The summed E-state index contributed by atoms with van der Waals surface area (Å²) in [6.45, 7) is 6.44. The number of hydrogen-bond acceptors (Lipinski definition) is 5. The molecule has 2 N–H and O–H groups in total. The summed E-state index contributed by atoms with van der Waals surface area (Å²) in [6.07, 6.45) is 6.89. The second-order valence-corrected chi connectivity index (χ2v) is 10.3. The molecule has 6 nitrogen and oxygen atoms in total. The van der Waals surface area contributed by atoms with Gasteiger partial charge in [-0.05, 0) is 60.1 Å². The van der Waals surface area contributed by atoms with Crippen LogP contribution in [0.15, 0.2) is 55.1 Å². The highest BCUT2D eigenvalue weighted by Crippen LogP contribution is 2.35. The summed E-state index contributed by atoms with van der Waals surface area (Å²) in [5.41, 5.74) is 10.8. The SMILES string of the molecule is C=Cc1cccc(-c2cccc(CO[C@@H]3C[C@@H](C)[N+](C(=O)OC)(C(=O)[C@@H](N)C4CCCCC4)C3)c2)c1. The Morgan fingerprint density at radius 2 is 1.81 bits per heavy atom. The van der Waals surface area contributed by atoms with Crippen LogP contribution < -0.4 is 5.73 Å². The van der Waals surface area contributed by atoms with E-state index in [9.17, 15) is 9.59 Å². The molecule has 0 bridgehead atoms. The first kappa shape index (κ1) is 26.3. The van der Waals surface area contributed by atoms with Crippen molar-refractivity contribution in [2.24, 2.45) is 11.7 Å². The third kappa shape index (κ3) is 5.31. The molecule has 2 aromatic carbocycles. The first-order valence-electron chi connectivity index (χ1n) is 13.1. The topological polar surface area (TPSA) is 78.6 Å². The number of ether oxygens (including phenoxy) is 2. The molecule has 4 rings (SSSR count). The van der Waals surface area contributed by atoms with Gasteiger partial charge in [0.2, 0.25) is 0 Å². The van der Waals surface area contributed by atoms with Gasteiger partial charge in [0.15, 0.2) is 0 Å². The number of methoxy groups -OCH3 is 1. The van der Waals surface area contributed by atoms with Gasteiger partial charge in [0, 0.05) is 6.42 Å². The fourth-order valence-electron chi connectivity index (χ4n) is 5.93. The fraction of sp³-hybridized carbons (Fsp3) is 0.467. The first-order chi connectivity index (χ1) is 17.4. The Kier molecular flexibility index (Phi) is 8.39. The zero-order chi connectivity index (χ0) is 25.7. The molecule has 2 aliphatic rings. The lowest BCUT2D eigenvalue weighted by Crippen LogP contribution is -2.65. The molecule has 2 fully saturated rings. The highest BCUT2D eigenvalue weighted by Gasteiger charge is 2.59. The van der Waals surface area contributed by atoms with Crippen LogP contribution >= 0.6 is 0 Å². The van der Waals surface area contributed by atoms with Crippen LogP contribution in [0.1, 0.15) is 56.6 Å². The van der Waals surface area contributed by atoms with Crippen LogP contribution in [0.2, 0.25) is 0 Å². The van der Waals surface area contributed by atoms with E-state index in [-0.39, 0.29) is 35.0 Å². The van der Waals surface area contributed by atoms with Crippen molar-refractivity contribution >= 4 is 18.1 Å². The van der Waals surface area contributed by atoms with Crippen molar-refractivity contribution in [1.29, 1.82) is 0 Å². The highest BCUT2D eigenvalue weighted by molar-refractivity contribution is 5.85. The summed E-state index contributed by atoms with van der Waals surface area (Å²) in [4.78, 5) is 26.8. The lowest BCUT2D eigenvalue weighted by atomic mass is 9.83. The number of nitrogens with zero attached hydrogens (tertiary/aromatic N) is 1. The van der Waals surface area contributed by atoms with Crippen LogP contribution in [0, 0.1) is 5.92 Å². The molecule has 2 aromatic rings. The molecule has 0 radical (unpaired) electrons. The average molecular weight is 492 g/mol. The Morgan fingerprint density at radius 3 is 2.50 bits per heavy atom. The number of rotatable bonds is 7. The Balaban J connectivity index is 1.47. The van der Waals surface area contributed by atoms with Crippen molar-refractivity contribution in [2.75, 3.05) is 13.7 Å².